The van der Waals surface area contributed by atoms with Crippen molar-refractivity contribution in [1.29, 1.82) is 0 Å². The fourth-order valence-electron chi connectivity index (χ4n) is 1.37. The summed E-state index contributed by atoms with van der Waals surface area (Å²) in [5.74, 6) is 0. The quantitative estimate of drug-likeness (QED) is 0.408. The maximum Gasteiger partial charge on any atom is 0.187 e. The van der Waals surface area contributed by atoms with E-state index in [0.717, 1.165) is 0 Å². The molecule has 0 aromatic heterocycles. The van der Waals surface area contributed by atoms with Gasteiger partial charge in [0.1, 0.15) is 24.4 Å². The Hall–Kier alpha value is -0.500. The highest BCUT2D eigenvalue weighted by Gasteiger charge is 2.43. The fraction of sp³-hybridized carbons (Fsp3) is 0.778. The summed E-state index contributed by atoms with van der Waals surface area (Å²) in [4.78, 5) is 0. The molecule has 15 heavy (non-hydrogen) atoms. The molecule has 6 nitrogen and oxygen atoms in total. The molecule has 1 saturated heterocycles. The second kappa shape index (κ2) is 5.55. The van der Waals surface area contributed by atoms with E-state index in [2.05, 4.69) is 6.58 Å². The van der Waals surface area contributed by atoms with Crippen molar-refractivity contribution < 1.29 is 29.9 Å². The maximum atomic E-state index is 9.47. The van der Waals surface area contributed by atoms with Gasteiger partial charge in [0.15, 0.2) is 6.29 Å². The van der Waals surface area contributed by atoms with Gasteiger partial charge in [0, 0.05) is 0 Å². The molecule has 5 atom stereocenters. The molecule has 0 aliphatic carbocycles. The molecule has 0 aromatic rings. The Kier molecular flexibility index (Phi) is 4.65. The predicted octanol–water partition coefficient (Wildman–Crippen LogP) is -2.01. The first kappa shape index (κ1) is 12.6. The lowest BCUT2D eigenvalue weighted by molar-refractivity contribution is -0.298. The summed E-state index contributed by atoms with van der Waals surface area (Å²) in [7, 11) is 0. The molecular formula is C9H16O6. The van der Waals surface area contributed by atoms with Gasteiger partial charge in [0.2, 0.25) is 0 Å². The van der Waals surface area contributed by atoms with E-state index in [0.29, 0.717) is 0 Å². The van der Waals surface area contributed by atoms with Gasteiger partial charge < -0.3 is 29.9 Å². The van der Waals surface area contributed by atoms with Gasteiger partial charge in [-0.15, -0.1) is 6.58 Å². The Morgan fingerprint density at radius 2 is 1.87 bits per heavy atom. The number of hydrogen-bond donors (Lipinski definition) is 4. The average Bonchev–Trinajstić information content (AvgIpc) is 2.25. The Morgan fingerprint density at radius 3 is 2.40 bits per heavy atom. The van der Waals surface area contributed by atoms with Crippen LogP contribution in [0.5, 0.6) is 0 Å². The van der Waals surface area contributed by atoms with Gasteiger partial charge in [-0.25, -0.2) is 0 Å². The molecule has 3 unspecified atom stereocenters. The summed E-state index contributed by atoms with van der Waals surface area (Å²) in [5.41, 5.74) is 0. The summed E-state index contributed by atoms with van der Waals surface area (Å²) in [6, 6.07) is 0. The molecule has 88 valence electrons. The molecular weight excluding hydrogens is 204 g/mol. The monoisotopic (exact) mass is 220 g/mol. The van der Waals surface area contributed by atoms with Gasteiger partial charge in [-0.05, 0) is 0 Å². The SMILES string of the molecule is C=CCO[C@@H]1OC(CO)[C@@H](O)C(O)C1O. The molecule has 0 bridgehead atoms. The zero-order valence-electron chi connectivity index (χ0n) is 8.19. The second-order valence-corrected chi connectivity index (χ2v) is 3.32. The van der Waals surface area contributed by atoms with E-state index in [4.69, 9.17) is 14.6 Å². The first-order chi connectivity index (χ1) is 7.11. The number of aliphatic hydroxyl groups excluding tert-OH is 4. The third kappa shape index (κ3) is 2.75. The van der Waals surface area contributed by atoms with Crippen molar-refractivity contribution in [2.45, 2.75) is 30.7 Å². The van der Waals surface area contributed by atoms with E-state index >= 15 is 0 Å². The summed E-state index contributed by atoms with van der Waals surface area (Å²) < 4.78 is 10.1. The van der Waals surface area contributed by atoms with Crippen LogP contribution in [0, 0.1) is 0 Å². The van der Waals surface area contributed by atoms with Crippen LogP contribution in [0.25, 0.3) is 0 Å². The van der Waals surface area contributed by atoms with Crippen molar-refractivity contribution in [2.75, 3.05) is 13.2 Å². The van der Waals surface area contributed by atoms with Crippen molar-refractivity contribution in [2.24, 2.45) is 0 Å². The number of ether oxygens (including phenoxy) is 2. The van der Waals surface area contributed by atoms with Crippen LogP contribution in [-0.4, -0.2) is 64.3 Å². The molecule has 0 saturated carbocycles. The van der Waals surface area contributed by atoms with Gasteiger partial charge >= 0.3 is 0 Å². The largest absolute Gasteiger partial charge is 0.394 e. The van der Waals surface area contributed by atoms with E-state index in [1.165, 1.54) is 6.08 Å². The topological polar surface area (TPSA) is 99.4 Å². The molecule has 1 aliphatic heterocycles. The lowest BCUT2D eigenvalue weighted by Crippen LogP contribution is -2.59. The Morgan fingerprint density at radius 1 is 1.20 bits per heavy atom. The van der Waals surface area contributed by atoms with E-state index in [1.54, 1.807) is 0 Å². The van der Waals surface area contributed by atoms with Gasteiger partial charge in [-0.3, -0.25) is 0 Å². The lowest BCUT2D eigenvalue weighted by atomic mass is 9.99. The standard InChI is InChI=1S/C9H16O6/c1-2-3-14-9-8(13)7(12)6(11)5(4-10)15-9/h2,5-13H,1,3-4H2/t5?,6-,7?,8?,9-/m1/s1. The number of aliphatic hydroxyl groups is 4. The highest BCUT2D eigenvalue weighted by atomic mass is 16.7. The first-order valence-corrected chi connectivity index (χ1v) is 4.64. The van der Waals surface area contributed by atoms with E-state index in [9.17, 15) is 15.3 Å². The van der Waals surface area contributed by atoms with Crippen molar-refractivity contribution in [1.82, 2.24) is 0 Å². The van der Waals surface area contributed by atoms with Crippen molar-refractivity contribution in [3.05, 3.63) is 12.7 Å². The molecule has 1 rings (SSSR count). The molecule has 4 N–H and O–H groups in total. The smallest absolute Gasteiger partial charge is 0.187 e. The van der Waals surface area contributed by atoms with Gasteiger partial charge in [0.05, 0.1) is 13.2 Å². The van der Waals surface area contributed by atoms with Crippen LogP contribution in [0.15, 0.2) is 12.7 Å². The normalized spacial score (nSPS) is 41.5. The molecule has 0 spiro atoms. The van der Waals surface area contributed by atoms with Crippen LogP contribution in [0.2, 0.25) is 0 Å². The Bertz CT molecular complexity index is 207. The molecule has 1 aliphatic rings. The van der Waals surface area contributed by atoms with Crippen molar-refractivity contribution in [3.63, 3.8) is 0 Å². The van der Waals surface area contributed by atoms with Crippen LogP contribution in [0.3, 0.4) is 0 Å². The van der Waals surface area contributed by atoms with Crippen LogP contribution in [-0.2, 0) is 9.47 Å². The first-order valence-electron chi connectivity index (χ1n) is 4.64. The molecule has 1 fully saturated rings. The minimum Gasteiger partial charge on any atom is -0.394 e. The fourth-order valence-corrected chi connectivity index (χ4v) is 1.37. The summed E-state index contributed by atoms with van der Waals surface area (Å²) >= 11 is 0. The third-order valence-corrected chi connectivity index (χ3v) is 2.23. The minimum atomic E-state index is -1.40. The Balaban J connectivity index is 2.60. The van der Waals surface area contributed by atoms with E-state index in [1.807, 2.05) is 0 Å². The minimum absolute atomic E-state index is 0.142. The van der Waals surface area contributed by atoms with Crippen LogP contribution in [0.1, 0.15) is 0 Å². The lowest BCUT2D eigenvalue weighted by Gasteiger charge is -2.39. The van der Waals surface area contributed by atoms with Crippen LogP contribution >= 0.6 is 0 Å². The molecule has 1 heterocycles. The molecule has 0 aromatic carbocycles. The molecule has 0 radical (unpaired) electrons. The second-order valence-electron chi connectivity index (χ2n) is 3.32. The van der Waals surface area contributed by atoms with Crippen molar-refractivity contribution >= 4 is 0 Å². The predicted molar refractivity (Wildman–Crippen MR) is 49.9 cm³/mol. The van der Waals surface area contributed by atoms with E-state index < -0.39 is 37.3 Å². The van der Waals surface area contributed by atoms with Crippen LogP contribution < -0.4 is 0 Å². The molecule has 0 amide bonds. The van der Waals surface area contributed by atoms with Crippen LogP contribution in [0.4, 0.5) is 0 Å². The molecule has 6 heteroatoms. The highest BCUT2D eigenvalue weighted by Crippen LogP contribution is 2.21. The van der Waals surface area contributed by atoms with Gasteiger partial charge in [0.25, 0.3) is 0 Å². The highest BCUT2D eigenvalue weighted by molar-refractivity contribution is 4.89. The van der Waals surface area contributed by atoms with Gasteiger partial charge in [-0.2, -0.15) is 0 Å². The zero-order chi connectivity index (χ0) is 11.4. The summed E-state index contributed by atoms with van der Waals surface area (Å²) in [5, 5.41) is 37.1. The number of rotatable bonds is 4. The maximum absolute atomic E-state index is 9.47. The summed E-state index contributed by atoms with van der Waals surface area (Å²) in [6.07, 6.45) is -4.64. The van der Waals surface area contributed by atoms with E-state index in [-0.39, 0.29) is 6.61 Å². The zero-order valence-corrected chi connectivity index (χ0v) is 8.19. The van der Waals surface area contributed by atoms with Gasteiger partial charge in [-0.1, -0.05) is 6.08 Å². The number of hydrogen-bond acceptors (Lipinski definition) is 6. The Labute approximate surface area is 87.4 Å². The average molecular weight is 220 g/mol. The van der Waals surface area contributed by atoms with Crippen molar-refractivity contribution in [3.8, 4) is 0 Å². The third-order valence-electron chi connectivity index (χ3n) is 2.23. The summed E-state index contributed by atoms with van der Waals surface area (Å²) in [6.45, 7) is 3.10.